The first-order chi connectivity index (χ1) is 9.67. The Bertz CT molecular complexity index is 464. The van der Waals surface area contributed by atoms with Gasteiger partial charge in [-0.2, -0.15) is 4.98 Å². The second-order valence-corrected chi connectivity index (χ2v) is 5.02. The minimum Gasteiger partial charge on any atom is -0.481 e. The number of ether oxygens (including phenoxy) is 2. The Morgan fingerprint density at radius 1 is 1.55 bits per heavy atom. The van der Waals surface area contributed by atoms with E-state index in [1.165, 1.54) is 19.6 Å². The highest BCUT2D eigenvalue weighted by Crippen LogP contribution is 2.18. The van der Waals surface area contributed by atoms with Crippen molar-refractivity contribution in [3.8, 4) is 5.88 Å². The van der Waals surface area contributed by atoms with E-state index in [0.717, 1.165) is 19.4 Å². The van der Waals surface area contributed by atoms with E-state index in [-0.39, 0.29) is 23.1 Å². The second-order valence-electron chi connectivity index (χ2n) is 4.63. The van der Waals surface area contributed by atoms with E-state index in [1.807, 2.05) is 0 Å². The summed E-state index contributed by atoms with van der Waals surface area (Å²) in [6.45, 7) is 0.793. The Morgan fingerprint density at radius 2 is 2.40 bits per heavy atom. The number of carbonyl (C=O) groups is 1. The number of nitrogens with zero attached hydrogens (tertiary/aromatic N) is 2. The van der Waals surface area contributed by atoms with Crippen LogP contribution in [0.1, 0.15) is 32.1 Å². The van der Waals surface area contributed by atoms with E-state index >= 15 is 0 Å². The molecule has 1 unspecified atom stereocenters. The number of hydrogen-bond acceptors (Lipinski definition) is 5. The molecule has 1 N–H and O–H groups in total. The molecule has 1 aromatic heterocycles. The molecule has 6 nitrogen and oxygen atoms in total. The smallest absolute Gasteiger partial charge is 0.234 e. The van der Waals surface area contributed by atoms with Crippen molar-refractivity contribution >= 4 is 23.5 Å². The third kappa shape index (κ3) is 4.61. The molecular formula is C13H18ClN3O3. The summed E-state index contributed by atoms with van der Waals surface area (Å²) in [6, 6.07) is 1.48. The summed E-state index contributed by atoms with van der Waals surface area (Å²) in [7, 11) is 1.48. The van der Waals surface area contributed by atoms with Crippen LogP contribution in [0, 0.1) is 0 Å². The fraction of sp³-hybridized carbons (Fsp3) is 0.615. The van der Waals surface area contributed by atoms with Crippen molar-refractivity contribution in [3.05, 3.63) is 11.2 Å². The zero-order valence-electron chi connectivity index (χ0n) is 11.4. The first-order valence-electron chi connectivity index (χ1n) is 6.67. The van der Waals surface area contributed by atoms with Crippen LogP contribution in [-0.4, -0.2) is 35.7 Å². The molecule has 7 heteroatoms. The molecule has 1 aliphatic heterocycles. The third-order valence-electron chi connectivity index (χ3n) is 3.10. The van der Waals surface area contributed by atoms with Crippen molar-refractivity contribution in [2.24, 2.45) is 0 Å². The minimum absolute atomic E-state index is 0.150. The summed E-state index contributed by atoms with van der Waals surface area (Å²) in [5.41, 5.74) is 0. The van der Waals surface area contributed by atoms with Gasteiger partial charge in [0, 0.05) is 19.1 Å². The summed E-state index contributed by atoms with van der Waals surface area (Å²) in [6.07, 6.45) is 4.57. The molecule has 0 saturated carbocycles. The zero-order chi connectivity index (χ0) is 14.4. The van der Waals surface area contributed by atoms with Gasteiger partial charge in [-0.1, -0.05) is 11.6 Å². The Balaban J connectivity index is 1.83. The van der Waals surface area contributed by atoms with Crippen molar-refractivity contribution < 1.29 is 14.3 Å². The number of aromatic nitrogens is 2. The summed E-state index contributed by atoms with van der Waals surface area (Å²) in [4.78, 5) is 19.8. The van der Waals surface area contributed by atoms with E-state index in [4.69, 9.17) is 21.1 Å². The number of rotatable bonds is 5. The molecule has 110 valence electrons. The molecule has 1 fully saturated rings. The molecule has 1 saturated heterocycles. The van der Waals surface area contributed by atoms with Crippen LogP contribution in [0.15, 0.2) is 6.07 Å². The summed E-state index contributed by atoms with van der Waals surface area (Å²) in [5, 5.41) is 2.84. The lowest BCUT2D eigenvalue weighted by atomic mass is 10.0. The first kappa shape index (κ1) is 15.0. The SMILES string of the molecule is COc1cc(Cl)nc(NC(=O)CCC2CCCCO2)n1. The molecule has 1 aromatic rings. The summed E-state index contributed by atoms with van der Waals surface area (Å²) < 4.78 is 10.5. The standard InChI is InChI=1S/C13H18ClN3O3/c1-19-12-8-10(14)15-13(17-12)16-11(18)6-5-9-4-2-3-7-20-9/h8-9H,2-7H2,1H3,(H,15,16,17,18). The van der Waals surface area contributed by atoms with Gasteiger partial charge in [-0.05, 0) is 25.7 Å². The second kappa shape index (κ2) is 7.40. The molecule has 0 radical (unpaired) electrons. The van der Waals surface area contributed by atoms with Crippen molar-refractivity contribution in [3.63, 3.8) is 0 Å². The highest BCUT2D eigenvalue weighted by Gasteiger charge is 2.16. The number of hydrogen-bond donors (Lipinski definition) is 1. The highest BCUT2D eigenvalue weighted by atomic mass is 35.5. The number of methoxy groups -OCH3 is 1. The predicted molar refractivity (Wildman–Crippen MR) is 75.0 cm³/mol. The largest absolute Gasteiger partial charge is 0.481 e. The van der Waals surface area contributed by atoms with Gasteiger partial charge in [-0.25, -0.2) is 4.98 Å². The van der Waals surface area contributed by atoms with Gasteiger partial charge in [0.25, 0.3) is 0 Å². The molecule has 2 rings (SSSR count). The van der Waals surface area contributed by atoms with Gasteiger partial charge in [-0.3, -0.25) is 10.1 Å². The maximum atomic E-state index is 11.8. The van der Waals surface area contributed by atoms with E-state index in [1.54, 1.807) is 0 Å². The quantitative estimate of drug-likeness (QED) is 0.845. The minimum atomic E-state index is -0.150. The topological polar surface area (TPSA) is 73.3 Å². The molecule has 1 aliphatic rings. The van der Waals surface area contributed by atoms with Gasteiger partial charge in [0.1, 0.15) is 5.15 Å². The summed E-state index contributed by atoms with van der Waals surface area (Å²) >= 11 is 5.81. The lowest BCUT2D eigenvalue weighted by Gasteiger charge is -2.22. The van der Waals surface area contributed by atoms with Crippen LogP contribution in [0.2, 0.25) is 5.15 Å². The van der Waals surface area contributed by atoms with Crippen molar-refractivity contribution in [1.82, 2.24) is 9.97 Å². The van der Waals surface area contributed by atoms with Gasteiger partial charge < -0.3 is 9.47 Å². The average Bonchev–Trinajstić information content (AvgIpc) is 2.45. The maximum Gasteiger partial charge on any atom is 0.234 e. The molecule has 0 spiro atoms. The average molecular weight is 300 g/mol. The van der Waals surface area contributed by atoms with Gasteiger partial charge in [-0.15, -0.1) is 0 Å². The Hall–Kier alpha value is -1.40. The lowest BCUT2D eigenvalue weighted by Crippen LogP contribution is -2.22. The Labute approximate surface area is 122 Å². The van der Waals surface area contributed by atoms with Gasteiger partial charge in [0.05, 0.1) is 13.2 Å². The lowest BCUT2D eigenvalue weighted by molar-refractivity contribution is -0.117. The molecule has 20 heavy (non-hydrogen) atoms. The van der Waals surface area contributed by atoms with Gasteiger partial charge in [0.2, 0.25) is 17.7 Å². The fourth-order valence-electron chi connectivity index (χ4n) is 2.07. The van der Waals surface area contributed by atoms with Crippen molar-refractivity contribution in [1.29, 1.82) is 0 Å². The third-order valence-corrected chi connectivity index (χ3v) is 3.29. The molecule has 1 amide bonds. The van der Waals surface area contributed by atoms with E-state index in [9.17, 15) is 4.79 Å². The summed E-state index contributed by atoms with van der Waals surface area (Å²) in [5.74, 6) is 0.323. The number of amides is 1. The fourth-order valence-corrected chi connectivity index (χ4v) is 2.25. The molecule has 1 atom stereocenters. The van der Waals surface area contributed by atoms with Gasteiger partial charge in [0.15, 0.2) is 0 Å². The van der Waals surface area contributed by atoms with E-state index in [0.29, 0.717) is 18.7 Å². The highest BCUT2D eigenvalue weighted by molar-refractivity contribution is 6.29. The van der Waals surface area contributed by atoms with Crippen LogP contribution >= 0.6 is 11.6 Å². The van der Waals surface area contributed by atoms with Gasteiger partial charge >= 0.3 is 0 Å². The Kier molecular flexibility index (Phi) is 5.55. The van der Waals surface area contributed by atoms with Crippen LogP contribution in [0.25, 0.3) is 0 Å². The number of halogens is 1. The van der Waals surface area contributed by atoms with Crippen molar-refractivity contribution in [2.75, 3.05) is 19.0 Å². The predicted octanol–water partition coefficient (Wildman–Crippen LogP) is 2.43. The monoisotopic (exact) mass is 299 g/mol. The maximum absolute atomic E-state index is 11.8. The van der Waals surface area contributed by atoms with Crippen molar-refractivity contribution in [2.45, 2.75) is 38.2 Å². The molecular weight excluding hydrogens is 282 g/mol. The number of nitrogens with one attached hydrogen (secondary N) is 1. The molecule has 2 heterocycles. The molecule has 0 aromatic carbocycles. The van der Waals surface area contributed by atoms with Crippen LogP contribution in [0.5, 0.6) is 5.88 Å². The van der Waals surface area contributed by atoms with E-state index < -0.39 is 0 Å². The molecule has 0 aliphatic carbocycles. The van der Waals surface area contributed by atoms with Crippen LogP contribution in [0.4, 0.5) is 5.95 Å². The normalized spacial score (nSPS) is 18.6. The Morgan fingerprint density at radius 3 is 3.10 bits per heavy atom. The van der Waals surface area contributed by atoms with Crippen LogP contribution in [-0.2, 0) is 9.53 Å². The zero-order valence-corrected chi connectivity index (χ0v) is 12.2. The van der Waals surface area contributed by atoms with Crippen LogP contribution in [0.3, 0.4) is 0 Å². The van der Waals surface area contributed by atoms with E-state index in [2.05, 4.69) is 15.3 Å². The first-order valence-corrected chi connectivity index (χ1v) is 7.05. The number of anilines is 1. The number of carbonyl (C=O) groups excluding carboxylic acids is 1. The van der Waals surface area contributed by atoms with Crippen LogP contribution < -0.4 is 10.1 Å². The molecule has 0 bridgehead atoms.